The summed E-state index contributed by atoms with van der Waals surface area (Å²) in [7, 11) is 0. The zero-order chi connectivity index (χ0) is 12.0. The van der Waals surface area contributed by atoms with Crippen molar-refractivity contribution in [1.29, 1.82) is 0 Å². The molecule has 90 valence electrons. The summed E-state index contributed by atoms with van der Waals surface area (Å²) in [6.07, 6.45) is 0.344. The maximum absolute atomic E-state index is 9.50. The molecule has 0 saturated heterocycles. The Balaban J connectivity index is 2.59. The third kappa shape index (κ3) is 4.16. The highest BCUT2D eigenvalue weighted by atomic mass is 32.2. The fourth-order valence-corrected chi connectivity index (χ4v) is 2.36. The Morgan fingerprint density at radius 1 is 1.31 bits per heavy atom. The smallest absolute Gasteiger partial charge is 0.0668 e. The van der Waals surface area contributed by atoms with Crippen LogP contribution in [0.1, 0.15) is 31.7 Å². The zero-order valence-corrected chi connectivity index (χ0v) is 10.8. The predicted molar refractivity (Wildman–Crippen MR) is 70.9 cm³/mol. The second kappa shape index (κ2) is 6.94. The Morgan fingerprint density at radius 2 is 1.94 bits per heavy atom. The molecule has 0 aromatic heterocycles. The SMILES string of the molecule is CCSc1ccc(C(C)CC(O)CN)cc1. The van der Waals surface area contributed by atoms with Crippen LogP contribution in [0.15, 0.2) is 29.2 Å². The minimum absolute atomic E-state index is 0.341. The summed E-state index contributed by atoms with van der Waals surface area (Å²) in [5.41, 5.74) is 6.68. The number of aliphatic hydroxyl groups is 1. The van der Waals surface area contributed by atoms with E-state index in [1.807, 2.05) is 11.8 Å². The minimum atomic E-state index is -0.389. The topological polar surface area (TPSA) is 46.2 Å². The first kappa shape index (κ1) is 13.6. The molecule has 0 fully saturated rings. The first-order valence-corrected chi connectivity index (χ1v) is 6.76. The molecule has 3 N–H and O–H groups in total. The maximum Gasteiger partial charge on any atom is 0.0668 e. The normalized spacial score (nSPS) is 14.8. The standard InChI is InChI=1S/C13H21NOS/c1-3-16-13-6-4-11(5-7-13)10(2)8-12(15)9-14/h4-7,10,12,15H,3,8-9,14H2,1-2H3. The van der Waals surface area contributed by atoms with Gasteiger partial charge in [0.05, 0.1) is 6.10 Å². The van der Waals surface area contributed by atoms with Crippen molar-refractivity contribution in [3.8, 4) is 0 Å². The second-order valence-electron chi connectivity index (χ2n) is 4.03. The average Bonchev–Trinajstić information content (AvgIpc) is 2.30. The largest absolute Gasteiger partial charge is 0.392 e. The van der Waals surface area contributed by atoms with Gasteiger partial charge in [-0.15, -0.1) is 11.8 Å². The molecule has 0 spiro atoms. The molecular formula is C13H21NOS. The van der Waals surface area contributed by atoms with E-state index in [0.29, 0.717) is 12.5 Å². The van der Waals surface area contributed by atoms with E-state index in [4.69, 9.17) is 5.73 Å². The van der Waals surface area contributed by atoms with Gasteiger partial charge in [-0.2, -0.15) is 0 Å². The van der Waals surface area contributed by atoms with Crippen molar-refractivity contribution in [2.75, 3.05) is 12.3 Å². The Morgan fingerprint density at radius 3 is 2.44 bits per heavy atom. The quantitative estimate of drug-likeness (QED) is 0.750. The lowest BCUT2D eigenvalue weighted by molar-refractivity contribution is 0.165. The molecule has 0 bridgehead atoms. The van der Waals surface area contributed by atoms with Crippen LogP contribution in [0.4, 0.5) is 0 Å². The Kier molecular flexibility index (Phi) is 5.88. The molecule has 0 amide bonds. The van der Waals surface area contributed by atoms with Crippen LogP contribution in [-0.4, -0.2) is 23.5 Å². The van der Waals surface area contributed by atoms with Crippen LogP contribution in [0.25, 0.3) is 0 Å². The molecule has 0 heterocycles. The third-order valence-corrected chi connectivity index (χ3v) is 3.55. The van der Waals surface area contributed by atoms with E-state index < -0.39 is 0 Å². The van der Waals surface area contributed by atoms with Crippen LogP contribution in [0.2, 0.25) is 0 Å². The predicted octanol–water partition coefficient (Wildman–Crippen LogP) is 2.61. The van der Waals surface area contributed by atoms with Crippen molar-refractivity contribution >= 4 is 11.8 Å². The summed E-state index contributed by atoms with van der Waals surface area (Å²) >= 11 is 1.84. The summed E-state index contributed by atoms with van der Waals surface area (Å²) in [5, 5.41) is 9.50. The summed E-state index contributed by atoms with van der Waals surface area (Å²) < 4.78 is 0. The highest BCUT2D eigenvalue weighted by Crippen LogP contribution is 2.24. The first-order valence-electron chi connectivity index (χ1n) is 5.78. The molecule has 0 saturated carbocycles. The number of benzene rings is 1. The zero-order valence-electron chi connectivity index (χ0n) is 10.0. The molecule has 2 unspecified atom stereocenters. The molecule has 1 aromatic rings. The van der Waals surface area contributed by atoms with Crippen LogP contribution in [0, 0.1) is 0 Å². The van der Waals surface area contributed by atoms with E-state index in [9.17, 15) is 5.11 Å². The molecule has 16 heavy (non-hydrogen) atoms. The third-order valence-electron chi connectivity index (χ3n) is 2.66. The van der Waals surface area contributed by atoms with E-state index in [2.05, 4.69) is 38.1 Å². The molecule has 1 aromatic carbocycles. The van der Waals surface area contributed by atoms with Gasteiger partial charge in [0.1, 0.15) is 0 Å². The van der Waals surface area contributed by atoms with Gasteiger partial charge >= 0.3 is 0 Å². The summed E-state index contributed by atoms with van der Waals surface area (Å²) in [5.74, 6) is 1.46. The molecule has 0 radical (unpaired) electrons. The number of hydrogen-bond donors (Lipinski definition) is 2. The van der Waals surface area contributed by atoms with Crippen molar-refractivity contribution in [2.24, 2.45) is 5.73 Å². The van der Waals surface area contributed by atoms with Gasteiger partial charge in [-0.25, -0.2) is 0 Å². The van der Waals surface area contributed by atoms with Gasteiger partial charge in [0.2, 0.25) is 0 Å². The van der Waals surface area contributed by atoms with E-state index in [-0.39, 0.29) is 6.10 Å². The van der Waals surface area contributed by atoms with Crippen LogP contribution >= 0.6 is 11.8 Å². The van der Waals surface area contributed by atoms with Gasteiger partial charge in [0, 0.05) is 11.4 Å². The van der Waals surface area contributed by atoms with Crippen molar-refractivity contribution in [1.82, 2.24) is 0 Å². The summed E-state index contributed by atoms with van der Waals surface area (Å²) in [4.78, 5) is 1.30. The van der Waals surface area contributed by atoms with Crippen molar-refractivity contribution < 1.29 is 5.11 Å². The van der Waals surface area contributed by atoms with E-state index in [1.54, 1.807) is 0 Å². The molecule has 1 rings (SSSR count). The Labute approximate surface area is 102 Å². The molecule has 2 atom stereocenters. The molecule has 3 heteroatoms. The monoisotopic (exact) mass is 239 g/mol. The lowest BCUT2D eigenvalue weighted by Crippen LogP contribution is -2.21. The number of aliphatic hydroxyl groups excluding tert-OH is 1. The Hall–Kier alpha value is -0.510. The van der Waals surface area contributed by atoms with E-state index >= 15 is 0 Å². The maximum atomic E-state index is 9.50. The molecule has 0 aliphatic carbocycles. The minimum Gasteiger partial charge on any atom is -0.392 e. The summed E-state index contributed by atoms with van der Waals surface area (Å²) in [6.45, 7) is 4.62. The number of hydrogen-bond acceptors (Lipinski definition) is 3. The van der Waals surface area contributed by atoms with Gasteiger partial charge in [0.15, 0.2) is 0 Å². The molecule has 0 aliphatic heterocycles. The van der Waals surface area contributed by atoms with Crippen LogP contribution < -0.4 is 5.73 Å². The Bertz CT molecular complexity index is 299. The lowest BCUT2D eigenvalue weighted by Gasteiger charge is -2.15. The van der Waals surface area contributed by atoms with Gasteiger partial charge in [-0.05, 0) is 35.8 Å². The van der Waals surface area contributed by atoms with Gasteiger partial charge in [0.25, 0.3) is 0 Å². The first-order chi connectivity index (χ1) is 7.67. The van der Waals surface area contributed by atoms with Crippen molar-refractivity contribution in [3.05, 3.63) is 29.8 Å². The van der Waals surface area contributed by atoms with Crippen molar-refractivity contribution in [3.63, 3.8) is 0 Å². The molecular weight excluding hydrogens is 218 g/mol. The lowest BCUT2D eigenvalue weighted by atomic mass is 9.95. The summed E-state index contributed by atoms with van der Waals surface area (Å²) in [6, 6.07) is 8.58. The van der Waals surface area contributed by atoms with Crippen LogP contribution in [-0.2, 0) is 0 Å². The van der Waals surface area contributed by atoms with Crippen LogP contribution in [0.5, 0.6) is 0 Å². The average molecular weight is 239 g/mol. The van der Waals surface area contributed by atoms with Gasteiger partial charge < -0.3 is 10.8 Å². The van der Waals surface area contributed by atoms with Gasteiger partial charge in [-0.3, -0.25) is 0 Å². The number of nitrogens with two attached hydrogens (primary N) is 1. The highest BCUT2D eigenvalue weighted by Gasteiger charge is 2.10. The van der Waals surface area contributed by atoms with E-state index in [1.165, 1.54) is 10.5 Å². The number of thioether (sulfide) groups is 1. The molecule has 0 aliphatic rings. The fraction of sp³-hybridized carbons (Fsp3) is 0.538. The van der Waals surface area contributed by atoms with Crippen molar-refractivity contribution in [2.45, 2.75) is 37.2 Å². The van der Waals surface area contributed by atoms with E-state index in [0.717, 1.165) is 12.2 Å². The highest BCUT2D eigenvalue weighted by molar-refractivity contribution is 7.99. The fourth-order valence-electron chi connectivity index (χ4n) is 1.70. The second-order valence-corrected chi connectivity index (χ2v) is 5.37. The van der Waals surface area contributed by atoms with Gasteiger partial charge in [-0.1, -0.05) is 26.0 Å². The van der Waals surface area contributed by atoms with Crippen LogP contribution in [0.3, 0.4) is 0 Å². The molecule has 2 nitrogen and oxygen atoms in total. The number of rotatable bonds is 6.